The molecule has 4 heteroatoms. The van der Waals surface area contributed by atoms with Gasteiger partial charge in [0.25, 0.3) is 0 Å². The minimum atomic E-state index is 0.119. The molecule has 0 fully saturated rings. The molecular weight excluding hydrogens is 260 g/mol. The van der Waals surface area contributed by atoms with Crippen molar-refractivity contribution in [3.63, 3.8) is 0 Å². The van der Waals surface area contributed by atoms with E-state index in [9.17, 15) is 0 Å². The fourth-order valence-electron chi connectivity index (χ4n) is 2.85. The van der Waals surface area contributed by atoms with Gasteiger partial charge >= 0.3 is 0 Å². The zero-order chi connectivity index (χ0) is 14.8. The van der Waals surface area contributed by atoms with E-state index in [0.717, 1.165) is 17.5 Å². The second kappa shape index (κ2) is 5.66. The molecule has 0 aliphatic rings. The van der Waals surface area contributed by atoms with E-state index >= 15 is 0 Å². The first-order valence-corrected chi connectivity index (χ1v) is 7.27. The van der Waals surface area contributed by atoms with E-state index < -0.39 is 0 Å². The second-order valence-corrected chi connectivity index (χ2v) is 5.20. The van der Waals surface area contributed by atoms with E-state index in [2.05, 4.69) is 52.7 Å². The van der Waals surface area contributed by atoms with Crippen molar-refractivity contribution in [2.75, 3.05) is 7.05 Å². The third-order valence-electron chi connectivity index (χ3n) is 3.94. The summed E-state index contributed by atoms with van der Waals surface area (Å²) in [4.78, 5) is 4.21. The molecule has 1 aromatic carbocycles. The Morgan fingerprint density at radius 1 is 1.29 bits per heavy atom. The van der Waals surface area contributed by atoms with Gasteiger partial charge in [0.1, 0.15) is 0 Å². The van der Waals surface area contributed by atoms with E-state index in [4.69, 9.17) is 0 Å². The monoisotopic (exact) mass is 280 g/mol. The molecule has 0 saturated heterocycles. The highest BCUT2D eigenvalue weighted by molar-refractivity contribution is 5.85. The smallest absolute Gasteiger partial charge is 0.0751 e. The summed E-state index contributed by atoms with van der Waals surface area (Å²) in [6.45, 7) is 2.13. The van der Waals surface area contributed by atoms with Crippen molar-refractivity contribution in [3.8, 4) is 0 Å². The van der Waals surface area contributed by atoms with Crippen LogP contribution in [0.5, 0.6) is 0 Å². The van der Waals surface area contributed by atoms with Gasteiger partial charge in [-0.1, -0.05) is 25.1 Å². The Labute approximate surface area is 124 Å². The first-order chi connectivity index (χ1) is 10.2. The summed E-state index contributed by atoms with van der Waals surface area (Å²) in [5.74, 6) is 0. The van der Waals surface area contributed by atoms with Crippen molar-refractivity contribution >= 4 is 10.8 Å². The zero-order valence-electron chi connectivity index (χ0n) is 12.7. The molecule has 2 heterocycles. The maximum Gasteiger partial charge on any atom is 0.0751 e. The average Bonchev–Trinajstić information content (AvgIpc) is 2.89. The standard InChI is InChI=1S/C17H20N4/c1-4-13-10-16(21(3)20-13)17(18-2)15-7-5-6-12-11-19-9-8-14(12)15/h5-11,17-18H,4H2,1-3H3. The molecule has 0 radical (unpaired) electrons. The number of fused-ring (bicyclic) bond motifs is 1. The van der Waals surface area contributed by atoms with Gasteiger partial charge in [0, 0.05) is 24.8 Å². The normalized spacial score (nSPS) is 12.7. The number of nitrogens with one attached hydrogen (secondary N) is 1. The first-order valence-electron chi connectivity index (χ1n) is 7.27. The molecule has 0 amide bonds. The molecule has 0 saturated carbocycles. The lowest BCUT2D eigenvalue weighted by atomic mass is 9.97. The molecule has 0 aliphatic carbocycles. The van der Waals surface area contributed by atoms with Crippen molar-refractivity contribution < 1.29 is 0 Å². The summed E-state index contributed by atoms with van der Waals surface area (Å²) in [7, 11) is 3.99. The van der Waals surface area contributed by atoms with Gasteiger partial charge in [0.2, 0.25) is 0 Å². The lowest BCUT2D eigenvalue weighted by molar-refractivity contribution is 0.606. The van der Waals surface area contributed by atoms with Gasteiger partial charge in [-0.3, -0.25) is 9.67 Å². The van der Waals surface area contributed by atoms with E-state index in [-0.39, 0.29) is 6.04 Å². The Morgan fingerprint density at radius 2 is 2.14 bits per heavy atom. The lowest BCUT2D eigenvalue weighted by Crippen LogP contribution is -2.20. The number of hydrogen-bond acceptors (Lipinski definition) is 3. The molecule has 0 aliphatic heterocycles. The summed E-state index contributed by atoms with van der Waals surface area (Å²) < 4.78 is 1.97. The Balaban J connectivity index is 2.16. The summed E-state index contributed by atoms with van der Waals surface area (Å²) in [5.41, 5.74) is 3.55. The van der Waals surface area contributed by atoms with E-state index in [0.29, 0.717) is 0 Å². The minimum Gasteiger partial charge on any atom is -0.308 e. The van der Waals surface area contributed by atoms with Crippen LogP contribution in [0.4, 0.5) is 0 Å². The molecule has 1 unspecified atom stereocenters. The lowest BCUT2D eigenvalue weighted by Gasteiger charge is -2.19. The molecule has 3 aromatic rings. The number of pyridine rings is 1. The molecule has 108 valence electrons. The van der Waals surface area contributed by atoms with Crippen LogP contribution in [-0.2, 0) is 13.5 Å². The number of aryl methyl sites for hydroxylation is 2. The third kappa shape index (κ3) is 2.43. The van der Waals surface area contributed by atoms with Crippen LogP contribution in [-0.4, -0.2) is 21.8 Å². The Morgan fingerprint density at radius 3 is 2.86 bits per heavy atom. The molecular formula is C17H20N4. The van der Waals surface area contributed by atoms with Crippen LogP contribution in [0.1, 0.15) is 29.9 Å². The summed E-state index contributed by atoms with van der Waals surface area (Å²) in [6.07, 6.45) is 4.70. The molecule has 1 N–H and O–H groups in total. The molecule has 2 aromatic heterocycles. The maximum atomic E-state index is 4.57. The van der Waals surface area contributed by atoms with Crippen molar-refractivity contribution in [2.45, 2.75) is 19.4 Å². The summed E-state index contributed by atoms with van der Waals surface area (Å²) >= 11 is 0. The van der Waals surface area contributed by atoms with Gasteiger partial charge < -0.3 is 5.32 Å². The number of nitrogens with zero attached hydrogens (tertiary/aromatic N) is 3. The number of benzene rings is 1. The van der Waals surface area contributed by atoms with Crippen molar-refractivity contribution in [2.24, 2.45) is 7.05 Å². The van der Waals surface area contributed by atoms with E-state index in [1.807, 2.05) is 31.2 Å². The molecule has 21 heavy (non-hydrogen) atoms. The molecule has 0 spiro atoms. The number of hydrogen-bond donors (Lipinski definition) is 1. The Bertz CT molecular complexity index is 755. The van der Waals surface area contributed by atoms with Crippen LogP contribution in [0, 0.1) is 0 Å². The molecule has 3 rings (SSSR count). The highest BCUT2D eigenvalue weighted by Gasteiger charge is 2.18. The quantitative estimate of drug-likeness (QED) is 0.799. The third-order valence-corrected chi connectivity index (χ3v) is 3.94. The fraction of sp³-hybridized carbons (Fsp3) is 0.294. The SMILES string of the molecule is CCc1cc(C(NC)c2cccc3cnccc23)n(C)n1. The van der Waals surface area contributed by atoms with Crippen LogP contribution in [0.25, 0.3) is 10.8 Å². The molecule has 4 nitrogen and oxygen atoms in total. The maximum absolute atomic E-state index is 4.57. The van der Waals surface area contributed by atoms with Crippen LogP contribution in [0.2, 0.25) is 0 Å². The van der Waals surface area contributed by atoms with Crippen molar-refractivity contribution in [3.05, 3.63) is 59.7 Å². The minimum absolute atomic E-state index is 0.119. The summed E-state index contributed by atoms with van der Waals surface area (Å²) in [6, 6.07) is 10.7. The molecule has 1 atom stereocenters. The number of aromatic nitrogens is 3. The second-order valence-electron chi connectivity index (χ2n) is 5.20. The zero-order valence-corrected chi connectivity index (χ0v) is 12.7. The van der Waals surface area contributed by atoms with E-state index in [1.165, 1.54) is 16.6 Å². The van der Waals surface area contributed by atoms with Crippen molar-refractivity contribution in [1.82, 2.24) is 20.1 Å². The fourth-order valence-corrected chi connectivity index (χ4v) is 2.85. The predicted molar refractivity (Wildman–Crippen MR) is 85.2 cm³/mol. The van der Waals surface area contributed by atoms with Gasteiger partial charge in [-0.25, -0.2) is 0 Å². The largest absolute Gasteiger partial charge is 0.308 e. The van der Waals surface area contributed by atoms with E-state index in [1.54, 1.807) is 0 Å². The van der Waals surface area contributed by atoms with Gasteiger partial charge in [-0.2, -0.15) is 5.10 Å². The highest BCUT2D eigenvalue weighted by Crippen LogP contribution is 2.28. The van der Waals surface area contributed by atoms with Crippen LogP contribution < -0.4 is 5.32 Å². The van der Waals surface area contributed by atoms with Gasteiger partial charge in [-0.15, -0.1) is 0 Å². The van der Waals surface area contributed by atoms with Crippen molar-refractivity contribution in [1.29, 1.82) is 0 Å². The van der Waals surface area contributed by atoms with Gasteiger partial charge in [0.05, 0.1) is 17.4 Å². The van der Waals surface area contributed by atoms with Crippen LogP contribution >= 0.6 is 0 Å². The summed E-state index contributed by atoms with van der Waals surface area (Å²) in [5, 5.41) is 10.4. The topological polar surface area (TPSA) is 42.7 Å². The van der Waals surface area contributed by atoms with Crippen LogP contribution in [0.3, 0.4) is 0 Å². The predicted octanol–water partition coefficient (Wildman–Crippen LogP) is 2.84. The number of rotatable bonds is 4. The average molecular weight is 280 g/mol. The van der Waals surface area contributed by atoms with Gasteiger partial charge in [0.15, 0.2) is 0 Å². The Hall–Kier alpha value is -2.20. The highest BCUT2D eigenvalue weighted by atomic mass is 15.3. The van der Waals surface area contributed by atoms with Gasteiger partial charge in [-0.05, 0) is 36.6 Å². The molecule has 0 bridgehead atoms. The van der Waals surface area contributed by atoms with Crippen LogP contribution in [0.15, 0.2) is 42.7 Å². The Kier molecular flexibility index (Phi) is 3.71. The first kappa shape index (κ1) is 13.8.